The van der Waals surface area contributed by atoms with Crippen molar-refractivity contribution in [2.24, 2.45) is 5.16 Å². The monoisotopic (exact) mass is 346 g/mol. The number of benzene rings is 1. The van der Waals surface area contributed by atoms with Crippen molar-refractivity contribution >= 4 is 35.2 Å². The lowest BCUT2D eigenvalue weighted by atomic mass is 9.72. The number of carbonyl (C=O) groups excluding carboxylic acids is 1. The van der Waals surface area contributed by atoms with Crippen molar-refractivity contribution in [3.63, 3.8) is 0 Å². The lowest BCUT2D eigenvalue weighted by molar-refractivity contribution is -0.115. The van der Waals surface area contributed by atoms with E-state index in [2.05, 4.69) is 15.5 Å². The number of nitrogens with one attached hydrogen (secondary N) is 1. The Bertz CT molecular complexity index is 810. The van der Waals surface area contributed by atoms with E-state index in [1.165, 1.54) is 6.20 Å². The minimum Gasteiger partial charge on any atom is -0.534 e. The molecule has 124 valence electrons. The number of oxime groups is 1. The molecule has 1 aromatic heterocycles. The van der Waals surface area contributed by atoms with Gasteiger partial charge in [-0.1, -0.05) is 34.7 Å². The van der Waals surface area contributed by atoms with Crippen molar-refractivity contribution in [2.75, 3.05) is 5.73 Å². The van der Waals surface area contributed by atoms with E-state index < -0.39 is 19.0 Å². The maximum Gasteiger partial charge on any atom is 0.547 e. The molecule has 1 atom stereocenters. The van der Waals surface area contributed by atoms with Gasteiger partial charge in [-0.25, -0.2) is 4.98 Å². The number of carbonyl (C=O) groups is 1. The third-order valence-corrected chi connectivity index (χ3v) is 4.54. The first kappa shape index (κ1) is 16.3. The average molecular weight is 346 g/mol. The number of aromatic nitrogens is 1. The number of nitrogens with two attached hydrogens (primary N) is 1. The fourth-order valence-electron chi connectivity index (χ4n) is 2.55. The fraction of sp³-hybridized carbons (Fsp3) is 0.214. The summed E-state index contributed by atoms with van der Waals surface area (Å²) in [4.78, 5) is 16.5. The zero-order valence-corrected chi connectivity index (χ0v) is 13.6. The molecule has 0 aliphatic carbocycles. The van der Waals surface area contributed by atoms with Crippen LogP contribution in [-0.2, 0) is 11.2 Å². The molecule has 2 heterocycles. The van der Waals surface area contributed by atoms with E-state index >= 15 is 0 Å². The number of nitrogens with zero attached hydrogens (tertiary/aromatic N) is 2. The van der Waals surface area contributed by atoms with Gasteiger partial charge in [-0.15, -0.1) is 0 Å². The highest BCUT2D eigenvalue weighted by Crippen LogP contribution is 2.29. The Morgan fingerprint density at radius 1 is 1.58 bits per heavy atom. The zero-order chi connectivity index (χ0) is 17.3. The van der Waals surface area contributed by atoms with E-state index in [0.717, 1.165) is 22.5 Å². The fourth-order valence-corrected chi connectivity index (χ4v) is 3.21. The molecule has 0 saturated heterocycles. The van der Waals surface area contributed by atoms with E-state index in [0.29, 0.717) is 17.0 Å². The van der Waals surface area contributed by atoms with Crippen LogP contribution in [0.25, 0.3) is 0 Å². The lowest BCUT2D eigenvalue weighted by Crippen LogP contribution is -2.54. The first-order valence-corrected chi connectivity index (χ1v) is 7.99. The molecule has 24 heavy (non-hydrogen) atoms. The Kier molecular flexibility index (Phi) is 4.41. The molecule has 1 aromatic carbocycles. The molecule has 0 spiro atoms. The molecule has 1 aliphatic heterocycles. The van der Waals surface area contributed by atoms with Gasteiger partial charge in [0.05, 0.1) is 10.8 Å². The Balaban J connectivity index is 1.77. The summed E-state index contributed by atoms with van der Waals surface area (Å²) in [6, 6.07) is 5.64. The molecule has 10 heteroatoms. The Morgan fingerprint density at radius 2 is 2.38 bits per heavy atom. The summed E-state index contributed by atoms with van der Waals surface area (Å²) in [5, 5.41) is 25.2. The maximum atomic E-state index is 12.3. The zero-order valence-electron chi connectivity index (χ0n) is 12.8. The molecule has 0 bridgehead atoms. The van der Waals surface area contributed by atoms with Crippen molar-refractivity contribution in [3.8, 4) is 5.75 Å². The van der Waals surface area contributed by atoms with Crippen molar-refractivity contribution < 1.29 is 19.7 Å². The SMILES string of the molecule is Cc1cccc2c1OB(O)[C@@H](NC(=O)/C(=N/O)c1cnc(N)s1)C2. The van der Waals surface area contributed by atoms with Crippen LogP contribution in [0, 0.1) is 6.92 Å². The maximum absolute atomic E-state index is 12.3. The predicted molar refractivity (Wildman–Crippen MR) is 90.3 cm³/mol. The summed E-state index contributed by atoms with van der Waals surface area (Å²) in [6.45, 7) is 1.88. The first-order valence-electron chi connectivity index (χ1n) is 7.17. The number of thiazole rings is 1. The van der Waals surface area contributed by atoms with Gasteiger partial charge in [0.15, 0.2) is 10.8 Å². The van der Waals surface area contributed by atoms with Crippen LogP contribution in [0.2, 0.25) is 0 Å². The van der Waals surface area contributed by atoms with Gasteiger partial charge in [0.1, 0.15) is 5.75 Å². The van der Waals surface area contributed by atoms with Gasteiger partial charge in [-0.2, -0.15) is 0 Å². The molecule has 0 radical (unpaired) electrons. The summed E-state index contributed by atoms with van der Waals surface area (Å²) >= 11 is 1.02. The van der Waals surface area contributed by atoms with Crippen molar-refractivity contribution in [2.45, 2.75) is 19.3 Å². The number of para-hydroxylation sites is 1. The van der Waals surface area contributed by atoms with E-state index in [-0.39, 0.29) is 10.8 Å². The Morgan fingerprint density at radius 3 is 3.04 bits per heavy atom. The molecule has 3 rings (SSSR count). The highest BCUT2D eigenvalue weighted by molar-refractivity contribution is 7.18. The number of hydrogen-bond donors (Lipinski definition) is 4. The number of nitrogen functional groups attached to an aromatic ring is 1. The second kappa shape index (κ2) is 6.50. The standard InChI is InChI=1S/C14H15BN4O4S/c1-7-3-2-4-8-5-10(15(21)23-12(7)8)18-13(20)11(19-22)9-6-17-14(16)24-9/h2-4,6,10,21-22H,5H2,1H3,(H2,16,17)(H,18,20)/b19-11+/t10-/m0/s1. The van der Waals surface area contributed by atoms with E-state index in [1.54, 1.807) is 0 Å². The summed E-state index contributed by atoms with van der Waals surface area (Å²) < 4.78 is 5.51. The minimum atomic E-state index is -1.20. The normalized spacial score (nSPS) is 17.2. The summed E-state index contributed by atoms with van der Waals surface area (Å²) in [6.07, 6.45) is 1.74. The number of anilines is 1. The second-order valence-corrected chi connectivity index (χ2v) is 6.43. The third-order valence-electron chi connectivity index (χ3n) is 3.70. The van der Waals surface area contributed by atoms with Crippen LogP contribution in [0.1, 0.15) is 16.0 Å². The molecular weight excluding hydrogens is 331 g/mol. The summed E-state index contributed by atoms with van der Waals surface area (Å²) in [5.41, 5.74) is 7.10. The van der Waals surface area contributed by atoms with Crippen LogP contribution in [-0.4, -0.2) is 39.9 Å². The van der Waals surface area contributed by atoms with Gasteiger partial charge in [0.2, 0.25) is 0 Å². The summed E-state index contributed by atoms with van der Waals surface area (Å²) in [5.74, 6) is -0.694. The second-order valence-electron chi connectivity index (χ2n) is 5.37. The van der Waals surface area contributed by atoms with E-state index in [9.17, 15) is 9.82 Å². The first-order chi connectivity index (χ1) is 11.5. The van der Waals surface area contributed by atoms with Crippen LogP contribution in [0.15, 0.2) is 29.6 Å². The van der Waals surface area contributed by atoms with Crippen molar-refractivity contribution in [1.29, 1.82) is 0 Å². The van der Waals surface area contributed by atoms with Crippen molar-refractivity contribution in [3.05, 3.63) is 40.4 Å². The number of rotatable bonds is 3. The minimum absolute atomic E-state index is 0.216. The number of aryl methyl sites for hydroxylation is 1. The van der Waals surface area contributed by atoms with Gasteiger partial charge < -0.3 is 25.9 Å². The molecule has 5 N–H and O–H groups in total. The van der Waals surface area contributed by atoms with Crippen LogP contribution in [0.4, 0.5) is 5.13 Å². The molecule has 2 aromatic rings. The van der Waals surface area contributed by atoms with E-state index in [1.807, 2.05) is 25.1 Å². The third kappa shape index (κ3) is 3.06. The highest BCUT2D eigenvalue weighted by atomic mass is 32.1. The van der Waals surface area contributed by atoms with Gasteiger partial charge in [0, 0.05) is 6.20 Å². The molecule has 1 aliphatic rings. The Hall–Kier alpha value is -2.59. The summed E-state index contributed by atoms with van der Waals surface area (Å²) in [7, 11) is -1.20. The topological polar surface area (TPSA) is 130 Å². The lowest BCUT2D eigenvalue weighted by Gasteiger charge is -2.29. The van der Waals surface area contributed by atoms with Crippen LogP contribution < -0.4 is 15.7 Å². The van der Waals surface area contributed by atoms with E-state index in [4.69, 9.17) is 15.6 Å². The molecule has 0 unspecified atom stereocenters. The van der Waals surface area contributed by atoms with Gasteiger partial charge in [0.25, 0.3) is 5.91 Å². The number of amides is 1. The average Bonchev–Trinajstić information content (AvgIpc) is 2.96. The molecular formula is C14H15BN4O4S. The Labute approximate surface area is 142 Å². The smallest absolute Gasteiger partial charge is 0.534 e. The van der Waals surface area contributed by atoms with Crippen molar-refractivity contribution in [1.82, 2.24) is 10.3 Å². The number of hydrogen-bond acceptors (Lipinski definition) is 8. The molecule has 0 saturated carbocycles. The van der Waals surface area contributed by atoms with Gasteiger partial charge in [-0.3, -0.25) is 4.79 Å². The largest absolute Gasteiger partial charge is 0.547 e. The van der Waals surface area contributed by atoms with Gasteiger partial charge >= 0.3 is 7.12 Å². The quantitative estimate of drug-likeness (QED) is 0.275. The molecule has 1 amide bonds. The highest BCUT2D eigenvalue weighted by Gasteiger charge is 2.37. The van der Waals surface area contributed by atoms with Crippen LogP contribution in [0.5, 0.6) is 5.75 Å². The predicted octanol–water partition coefficient (Wildman–Crippen LogP) is 0.352. The molecule has 0 fully saturated rings. The number of fused-ring (bicyclic) bond motifs is 1. The molecule has 8 nitrogen and oxygen atoms in total. The van der Waals surface area contributed by atoms with Crippen LogP contribution >= 0.6 is 11.3 Å². The van der Waals surface area contributed by atoms with Crippen LogP contribution in [0.3, 0.4) is 0 Å². The van der Waals surface area contributed by atoms with Gasteiger partial charge in [-0.05, 0) is 24.5 Å².